The van der Waals surface area contributed by atoms with Gasteiger partial charge in [0, 0.05) is 29.7 Å². The highest BCUT2D eigenvalue weighted by Crippen LogP contribution is 2.43. The van der Waals surface area contributed by atoms with Crippen LogP contribution in [0.1, 0.15) is 93.4 Å². The van der Waals surface area contributed by atoms with Crippen LogP contribution in [0.4, 0.5) is 0 Å². The SMILES string of the molecule is C=C1NS[C@@H](CCC)CC(C)/C=C/C(CC)C2CCC2CN(CC(C)CC)C2=C(C)C(C)C=CC1=C2. The van der Waals surface area contributed by atoms with Crippen molar-refractivity contribution in [3.05, 3.63) is 59.5 Å². The summed E-state index contributed by atoms with van der Waals surface area (Å²) in [5.41, 5.74) is 5.22. The van der Waals surface area contributed by atoms with Crippen molar-refractivity contribution in [2.45, 2.75) is 98.7 Å². The van der Waals surface area contributed by atoms with Crippen molar-refractivity contribution >= 4 is 11.9 Å². The van der Waals surface area contributed by atoms with E-state index in [0.29, 0.717) is 23.0 Å². The zero-order valence-corrected chi connectivity index (χ0v) is 25.2. The first-order valence-electron chi connectivity index (χ1n) is 14.9. The Bertz CT molecular complexity index is 850. The van der Waals surface area contributed by atoms with E-state index in [1.807, 2.05) is 11.9 Å². The molecule has 1 fully saturated rings. The van der Waals surface area contributed by atoms with Gasteiger partial charge in [-0.15, -0.1) is 0 Å². The summed E-state index contributed by atoms with van der Waals surface area (Å²) < 4.78 is 3.68. The molecule has 0 amide bonds. The van der Waals surface area contributed by atoms with Gasteiger partial charge in [0.25, 0.3) is 0 Å². The van der Waals surface area contributed by atoms with E-state index in [4.69, 9.17) is 0 Å². The minimum atomic E-state index is 0.438. The first-order chi connectivity index (χ1) is 17.3. The zero-order valence-electron chi connectivity index (χ0n) is 24.4. The third-order valence-corrected chi connectivity index (χ3v) is 10.2. The highest BCUT2D eigenvalue weighted by atomic mass is 32.2. The highest BCUT2D eigenvalue weighted by molar-refractivity contribution is 7.98. The molecule has 1 heterocycles. The van der Waals surface area contributed by atoms with Crippen LogP contribution in [0.15, 0.2) is 59.5 Å². The summed E-state index contributed by atoms with van der Waals surface area (Å²) in [5, 5.41) is 0.601. The van der Waals surface area contributed by atoms with Gasteiger partial charge in [-0.2, -0.15) is 0 Å². The maximum atomic E-state index is 4.50. The molecule has 7 atom stereocenters. The third kappa shape index (κ3) is 7.59. The quantitative estimate of drug-likeness (QED) is 0.283. The smallest absolute Gasteiger partial charge is 0.0441 e. The fraction of sp³-hybridized carbons (Fsp3) is 0.697. The number of hydrogen-bond donors (Lipinski definition) is 1. The molecule has 2 aliphatic carbocycles. The van der Waals surface area contributed by atoms with E-state index in [0.717, 1.165) is 30.0 Å². The van der Waals surface area contributed by atoms with Gasteiger partial charge < -0.3 is 9.62 Å². The number of allylic oxidation sites excluding steroid dienone is 6. The maximum Gasteiger partial charge on any atom is 0.0441 e. The van der Waals surface area contributed by atoms with Crippen LogP contribution in [0.3, 0.4) is 0 Å². The van der Waals surface area contributed by atoms with Crippen LogP contribution in [0.5, 0.6) is 0 Å². The highest BCUT2D eigenvalue weighted by Gasteiger charge is 2.37. The standard InChI is InChI=1S/C33H54N2S/c1-9-12-31-19-24(5)13-15-28(11-3)32-18-17-30(32)22-35(21-23(4)10-2)33-20-29(27(8)34-36-31)16-14-25(6)26(33)7/h13-16,20,23-25,28,30-32,34H,8-12,17-19,21-22H2,1-7H3/b15-13+/t23?,24?,25?,28?,30?,31-,32?/m0/s1. The molecule has 2 nitrogen and oxygen atoms in total. The fourth-order valence-corrected chi connectivity index (χ4v) is 7.26. The Morgan fingerprint density at radius 1 is 1.14 bits per heavy atom. The second-order valence-electron chi connectivity index (χ2n) is 12.0. The Labute approximate surface area is 228 Å². The summed E-state index contributed by atoms with van der Waals surface area (Å²) in [6, 6.07) is 0. The van der Waals surface area contributed by atoms with E-state index < -0.39 is 0 Å². The number of hydrogen-bond acceptors (Lipinski definition) is 3. The molecule has 0 spiro atoms. The lowest BCUT2D eigenvalue weighted by Gasteiger charge is -2.45. The number of fused-ring (bicyclic) bond motifs is 2. The van der Waals surface area contributed by atoms with Gasteiger partial charge in [-0.3, -0.25) is 0 Å². The molecule has 1 N–H and O–H groups in total. The van der Waals surface area contributed by atoms with Gasteiger partial charge in [-0.05, 0) is 104 Å². The van der Waals surface area contributed by atoms with Gasteiger partial charge in [-0.1, -0.05) is 85.3 Å². The van der Waals surface area contributed by atoms with Gasteiger partial charge in [-0.25, -0.2) is 0 Å². The molecule has 6 unspecified atom stereocenters. The fourth-order valence-electron chi connectivity index (χ4n) is 6.08. The van der Waals surface area contributed by atoms with E-state index >= 15 is 0 Å². The van der Waals surface area contributed by atoms with Crippen LogP contribution < -0.4 is 4.72 Å². The van der Waals surface area contributed by atoms with Crippen molar-refractivity contribution in [1.82, 2.24) is 9.62 Å². The molecule has 0 aromatic carbocycles. The van der Waals surface area contributed by atoms with Crippen LogP contribution in [0.2, 0.25) is 0 Å². The molecule has 0 aromatic rings. The lowest BCUT2D eigenvalue weighted by molar-refractivity contribution is 0.0855. The molecular formula is C33H54N2S. The summed E-state index contributed by atoms with van der Waals surface area (Å²) in [6.07, 6.45) is 21.2. The Kier molecular flexibility index (Phi) is 11.3. The third-order valence-electron chi connectivity index (χ3n) is 9.10. The van der Waals surface area contributed by atoms with Crippen LogP contribution in [0, 0.1) is 35.5 Å². The molecule has 0 radical (unpaired) electrons. The molecule has 1 aliphatic heterocycles. The Morgan fingerprint density at radius 3 is 2.56 bits per heavy atom. The molecule has 2 bridgehead atoms. The van der Waals surface area contributed by atoms with Crippen molar-refractivity contribution in [1.29, 1.82) is 0 Å². The molecule has 3 aliphatic rings. The summed E-state index contributed by atoms with van der Waals surface area (Å²) in [4.78, 5) is 2.76. The van der Waals surface area contributed by atoms with Crippen LogP contribution in [-0.2, 0) is 0 Å². The van der Waals surface area contributed by atoms with E-state index in [1.54, 1.807) is 0 Å². The van der Waals surface area contributed by atoms with Crippen molar-refractivity contribution < 1.29 is 0 Å². The van der Waals surface area contributed by atoms with Crippen molar-refractivity contribution in [2.75, 3.05) is 13.1 Å². The molecule has 0 aromatic heterocycles. The summed E-state index contributed by atoms with van der Waals surface area (Å²) in [5.74, 6) is 4.08. The van der Waals surface area contributed by atoms with E-state index in [9.17, 15) is 0 Å². The monoisotopic (exact) mass is 510 g/mol. The number of rotatable bonds is 6. The summed E-state index contributed by atoms with van der Waals surface area (Å²) >= 11 is 1.89. The minimum Gasteiger partial charge on any atom is -0.371 e. The predicted octanol–water partition coefficient (Wildman–Crippen LogP) is 9.31. The van der Waals surface area contributed by atoms with Gasteiger partial charge in [0.2, 0.25) is 0 Å². The predicted molar refractivity (Wildman–Crippen MR) is 162 cm³/mol. The Hall–Kier alpha value is -1.35. The average molecular weight is 511 g/mol. The maximum absolute atomic E-state index is 4.50. The lowest BCUT2D eigenvalue weighted by atomic mass is 9.65. The van der Waals surface area contributed by atoms with E-state index in [1.165, 1.54) is 68.3 Å². The van der Waals surface area contributed by atoms with Gasteiger partial charge in [0.05, 0.1) is 0 Å². The summed E-state index contributed by atoms with van der Waals surface area (Å²) in [6.45, 7) is 23.4. The first kappa shape index (κ1) is 29.2. The largest absolute Gasteiger partial charge is 0.371 e. The van der Waals surface area contributed by atoms with Crippen LogP contribution in [-0.4, -0.2) is 23.2 Å². The van der Waals surface area contributed by atoms with Crippen LogP contribution >= 0.6 is 11.9 Å². The zero-order chi connectivity index (χ0) is 26.2. The lowest BCUT2D eigenvalue weighted by Crippen LogP contribution is -2.42. The van der Waals surface area contributed by atoms with E-state index in [2.05, 4.69) is 95.0 Å². The summed E-state index contributed by atoms with van der Waals surface area (Å²) in [7, 11) is 0. The van der Waals surface area contributed by atoms with E-state index in [-0.39, 0.29) is 0 Å². The van der Waals surface area contributed by atoms with Gasteiger partial charge in [0.1, 0.15) is 0 Å². The molecule has 3 heteroatoms. The molecule has 36 heavy (non-hydrogen) atoms. The second-order valence-corrected chi connectivity index (χ2v) is 13.1. The minimum absolute atomic E-state index is 0.438. The number of nitrogens with zero attached hydrogens (tertiary/aromatic N) is 1. The van der Waals surface area contributed by atoms with Crippen molar-refractivity contribution in [2.24, 2.45) is 35.5 Å². The molecular weight excluding hydrogens is 456 g/mol. The van der Waals surface area contributed by atoms with Gasteiger partial charge in [0.15, 0.2) is 0 Å². The second kappa shape index (κ2) is 14.0. The van der Waals surface area contributed by atoms with Crippen molar-refractivity contribution in [3.63, 3.8) is 0 Å². The van der Waals surface area contributed by atoms with Gasteiger partial charge >= 0.3 is 0 Å². The molecule has 202 valence electrons. The molecule has 3 rings (SSSR count). The molecule has 0 saturated heterocycles. The Morgan fingerprint density at radius 2 is 1.92 bits per heavy atom. The normalized spacial score (nSPS) is 33.7. The molecule has 1 saturated carbocycles. The topological polar surface area (TPSA) is 15.3 Å². The van der Waals surface area contributed by atoms with Crippen molar-refractivity contribution in [3.8, 4) is 0 Å². The first-order valence-corrected chi connectivity index (χ1v) is 15.8. The number of nitrogens with one attached hydrogen (secondary N) is 1. The Balaban J connectivity index is 2.01. The average Bonchev–Trinajstić information content (AvgIpc) is 2.99. The van der Waals surface area contributed by atoms with Crippen LogP contribution in [0.25, 0.3) is 0 Å².